The van der Waals surface area contributed by atoms with E-state index in [0.29, 0.717) is 0 Å². The highest BCUT2D eigenvalue weighted by Gasteiger charge is 2.08. The number of nitrogens with zero attached hydrogens (tertiary/aromatic N) is 1. The summed E-state index contributed by atoms with van der Waals surface area (Å²) in [5.41, 5.74) is 4.23. The maximum Gasteiger partial charge on any atom is 0.244 e. The van der Waals surface area contributed by atoms with Gasteiger partial charge in [-0.1, -0.05) is 11.8 Å². The SMILES string of the molecule is CSCCc1nc(SCC(=O)NN)[nH]c1C. The Bertz CT molecular complexity index is 353. The van der Waals surface area contributed by atoms with Gasteiger partial charge in [0.15, 0.2) is 5.16 Å². The Kier molecular flexibility index (Phi) is 5.72. The van der Waals surface area contributed by atoms with Crippen molar-refractivity contribution in [3.8, 4) is 0 Å². The van der Waals surface area contributed by atoms with E-state index in [1.165, 1.54) is 11.8 Å². The zero-order chi connectivity index (χ0) is 12.0. The molecule has 1 aromatic heterocycles. The van der Waals surface area contributed by atoms with Crippen molar-refractivity contribution < 1.29 is 4.79 Å². The molecule has 4 N–H and O–H groups in total. The number of nitrogens with one attached hydrogen (secondary N) is 2. The summed E-state index contributed by atoms with van der Waals surface area (Å²) in [6, 6.07) is 0. The molecule has 1 aromatic rings. The van der Waals surface area contributed by atoms with Crippen LogP contribution < -0.4 is 11.3 Å². The first-order valence-electron chi connectivity index (χ1n) is 4.84. The van der Waals surface area contributed by atoms with Gasteiger partial charge in [-0.15, -0.1) is 0 Å². The summed E-state index contributed by atoms with van der Waals surface area (Å²) >= 11 is 3.15. The number of hydrogen-bond donors (Lipinski definition) is 3. The second-order valence-corrected chi connectivity index (χ2v) is 5.16. The van der Waals surface area contributed by atoms with Crippen LogP contribution >= 0.6 is 23.5 Å². The summed E-state index contributed by atoms with van der Waals surface area (Å²) in [5.74, 6) is 6.12. The molecular formula is C9H16N4OS2. The second-order valence-electron chi connectivity index (χ2n) is 3.21. The number of nitrogens with two attached hydrogens (primary N) is 1. The molecule has 1 rings (SSSR count). The summed E-state index contributed by atoms with van der Waals surface area (Å²) in [6.07, 6.45) is 3.02. The van der Waals surface area contributed by atoms with E-state index in [4.69, 9.17) is 5.84 Å². The molecular weight excluding hydrogens is 244 g/mol. The predicted molar refractivity (Wildman–Crippen MR) is 68.5 cm³/mol. The fraction of sp³-hybridized carbons (Fsp3) is 0.556. The molecule has 0 saturated heterocycles. The lowest BCUT2D eigenvalue weighted by Gasteiger charge is -1.96. The number of thioether (sulfide) groups is 2. The van der Waals surface area contributed by atoms with E-state index in [0.717, 1.165) is 28.7 Å². The predicted octanol–water partition coefficient (Wildman–Crippen LogP) is 0.706. The van der Waals surface area contributed by atoms with Gasteiger partial charge in [-0.2, -0.15) is 11.8 Å². The van der Waals surface area contributed by atoms with Gasteiger partial charge < -0.3 is 4.98 Å². The number of rotatable bonds is 6. The fourth-order valence-corrected chi connectivity index (χ4v) is 2.30. The summed E-state index contributed by atoms with van der Waals surface area (Å²) in [6.45, 7) is 2.00. The van der Waals surface area contributed by atoms with Crippen molar-refractivity contribution >= 4 is 29.4 Å². The average molecular weight is 260 g/mol. The third-order valence-electron chi connectivity index (χ3n) is 2.01. The quantitative estimate of drug-likeness (QED) is 0.303. The van der Waals surface area contributed by atoms with Crippen LogP contribution in [-0.4, -0.2) is 33.6 Å². The summed E-state index contributed by atoms with van der Waals surface area (Å²) in [4.78, 5) is 18.5. The molecule has 0 aromatic carbocycles. The molecule has 0 aliphatic carbocycles. The van der Waals surface area contributed by atoms with Crippen LogP contribution in [0.15, 0.2) is 5.16 Å². The van der Waals surface area contributed by atoms with Gasteiger partial charge in [0.25, 0.3) is 0 Å². The number of aromatic nitrogens is 2. The van der Waals surface area contributed by atoms with Gasteiger partial charge >= 0.3 is 0 Å². The van der Waals surface area contributed by atoms with Crippen molar-refractivity contribution in [2.24, 2.45) is 5.84 Å². The first-order valence-corrected chi connectivity index (χ1v) is 7.22. The fourth-order valence-electron chi connectivity index (χ4n) is 1.15. The number of hydrogen-bond acceptors (Lipinski definition) is 5. The van der Waals surface area contributed by atoms with E-state index in [9.17, 15) is 4.79 Å². The standard InChI is InChI=1S/C9H16N4OS2/c1-6-7(3-4-15-2)12-9(11-6)16-5-8(14)13-10/h3-5,10H2,1-2H3,(H,11,12)(H,13,14). The largest absolute Gasteiger partial charge is 0.337 e. The van der Waals surface area contributed by atoms with Crippen LogP contribution in [0.25, 0.3) is 0 Å². The van der Waals surface area contributed by atoms with Crippen molar-refractivity contribution in [2.45, 2.75) is 18.5 Å². The number of carbonyl (C=O) groups excluding carboxylic acids is 1. The lowest BCUT2D eigenvalue weighted by atomic mass is 10.3. The highest BCUT2D eigenvalue weighted by atomic mass is 32.2. The maximum atomic E-state index is 10.9. The molecule has 1 heterocycles. The molecule has 90 valence electrons. The number of carbonyl (C=O) groups is 1. The van der Waals surface area contributed by atoms with E-state index in [1.54, 1.807) is 11.8 Å². The van der Waals surface area contributed by atoms with Gasteiger partial charge in [0.05, 0.1) is 11.4 Å². The summed E-state index contributed by atoms with van der Waals surface area (Å²) in [5, 5.41) is 0.775. The third-order valence-corrected chi connectivity index (χ3v) is 3.49. The lowest BCUT2D eigenvalue weighted by molar-refractivity contribution is -0.118. The van der Waals surface area contributed by atoms with E-state index in [2.05, 4.69) is 21.6 Å². The molecule has 7 heteroatoms. The topological polar surface area (TPSA) is 83.8 Å². The Hall–Kier alpha value is -0.660. The van der Waals surface area contributed by atoms with E-state index in [1.807, 2.05) is 6.92 Å². The zero-order valence-electron chi connectivity index (χ0n) is 9.37. The monoisotopic (exact) mass is 260 g/mol. The Morgan fingerprint density at radius 2 is 2.38 bits per heavy atom. The smallest absolute Gasteiger partial charge is 0.244 e. The van der Waals surface area contributed by atoms with Gasteiger partial charge in [0.2, 0.25) is 5.91 Å². The number of hydrazine groups is 1. The molecule has 1 amide bonds. The number of imidazole rings is 1. The number of H-pyrrole nitrogens is 1. The van der Waals surface area contributed by atoms with Crippen LogP contribution in [0.2, 0.25) is 0 Å². The Balaban J connectivity index is 2.51. The Morgan fingerprint density at radius 3 is 3.00 bits per heavy atom. The first-order chi connectivity index (χ1) is 7.67. The first kappa shape index (κ1) is 13.4. The highest BCUT2D eigenvalue weighted by molar-refractivity contribution is 7.99. The van der Waals surface area contributed by atoms with Crippen LogP contribution in [0.4, 0.5) is 0 Å². The molecule has 0 atom stereocenters. The molecule has 0 aliphatic rings. The zero-order valence-corrected chi connectivity index (χ0v) is 11.0. The van der Waals surface area contributed by atoms with Crippen LogP contribution in [-0.2, 0) is 11.2 Å². The molecule has 0 spiro atoms. The highest BCUT2D eigenvalue weighted by Crippen LogP contribution is 2.17. The van der Waals surface area contributed by atoms with Crippen LogP contribution in [0, 0.1) is 6.92 Å². The van der Waals surface area contributed by atoms with E-state index < -0.39 is 0 Å². The molecule has 0 saturated carbocycles. The van der Waals surface area contributed by atoms with Crippen LogP contribution in [0.1, 0.15) is 11.4 Å². The molecule has 0 unspecified atom stereocenters. The van der Waals surface area contributed by atoms with Gasteiger partial charge in [0.1, 0.15) is 0 Å². The van der Waals surface area contributed by atoms with Crippen molar-refractivity contribution in [1.29, 1.82) is 0 Å². The Labute approximate surface area is 103 Å². The molecule has 0 bridgehead atoms. The minimum atomic E-state index is -0.204. The van der Waals surface area contributed by atoms with Crippen molar-refractivity contribution in [2.75, 3.05) is 17.8 Å². The van der Waals surface area contributed by atoms with Crippen molar-refractivity contribution in [1.82, 2.24) is 15.4 Å². The van der Waals surface area contributed by atoms with Gasteiger partial charge in [-0.05, 0) is 18.9 Å². The molecule has 5 nitrogen and oxygen atoms in total. The van der Waals surface area contributed by atoms with E-state index in [-0.39, 0.29) is 11.7 Å². The number of aryl methyl sites for hydroxylation is 2. The van der Waals surface area contributed by atoms with Crippen LogP contribution in [0.5, 0.6) is 0 Å². The molecule has 0 aliphatic heterocycles. The van der Waals surface area contributed by atoms with Crippen molar-refractivity contribution in [3.05, 3.63) is 11.4 Å². The molecule has 16 heavy (non-hydrogen) atoms. The Morgan fingerprint density at radius 1 is 1.62 bits per heavy atom. The third kappa shape index (κ3) is 4.07. The minimum absolute atomic E-state index is 0.204. The van der Waals surface area contributed by atoms with Gasteiger partial charge in [-0.3, -0.25) is 10.2 Å². The molecule has 0 radical (unpaired) electrons. The maximum absolute atomic E-state index is 10.9. The summed E-state index contributed by atoms with van der Waals surface area (Å²) < 4.78 is 0. The van der Waals surface area contributed by atoms with Gasteiger partial charge in [-0.25, -0.2) is 10.8 Å². The van der Waals surface area contributed by atoms with Gasteiger partial charge in [0, 0.05) is 12.1 Å². The lowest BCUT2D eigenvalue weighted by Crippen LogP contribution is -2.31. The minimum Gasteiger partial charge on any atom is -0.337 e. The van der Waals surface area contributed by atoms with E-state index >= 15 is 0 Å². The number of aromatic amines is 1. The number of amides is 1. The van der Waals surface area contributed by atoms with Crippen molar-refractivity contribution in [3.63, 3.8) is 0 Å². The second kappa shape index (κ2) is 6.82. The normalized spacial score (nSPS) is 10.4. The average Bonchev–Trinajstić information content (AvgIpc) is 2.64. The summed E-state index contributed by atoms with van der Waals surface area (Å²) in [7, 11) is 0. The molecule has 0 fully saturated rings. The van der Waals surface area contributed by atoms with Crippen LogP contribution in [0.3, 0.4) is 0 Å².